The molecule has 0 saturated heterocycles. The van der Waals surface area contributed by atoms with Crippen LogP contribution in [0.4, 0.5) is 4.79 Å². The van der Waals surface area contributed by atoms with Crippen molar-refractivity contribution in [1.82, 2.24) is 4.90 Å². The highest BCUT2D eigenvalue weighted by atomic mass is 16.6. The Balaban J connectivity index is 1.21. The van der Waals surface area contributed by atoms with Crippen LogP contribution in [-0.2, 0) is 17.7 Å². The molecule has 0 aliphatic heterocycles. The van der Waals surface area contributed by atoms with E-state index in [4.69, 9.17) is 4.74 Å². The second-order valence-electron chi connectivity index (χ2n) is 19.9. The first kappa shape index (κ1) is 44.6. The van der Waals surface area contributed by atoms with Crippen LogP contribution < -0.4 is 0 Å². The van der Waals surface area contributed by atoms with E-state index in [9.17, 15) is 15.0 Å². The second kappa shape index (κ2) is 19.0. The lowest BCUT2D eigenvalue weighted by atomic mass is 9.64. The number of allylic oxidation sites excluding steroid dienone is 2. The van der Waals surface area contributed by atoms with Gasteiger partial charge in [-0.15, -0.1) is 0 Å². The van der Waals surface area contributed by atoms with Crippen LogP contribution in [0.5, 0.6) is 0 Å². The monoisotopic (exact) mass is 846 g/mol. The van der Waals surface area contributed by atoms with Crippen molar-refractivity contribution >= 4 is 22.6 Å². The van der Waals surface area contributed by atoms with Gasteiger partial charge >= 0.3 is 6.09 Å². The third kappa shape index (κ3) is 9.45. The van der Waals surface area contributed by atoms with Gasteiger partial charge in [-0.1, -0.05) is 155 Å². The van der Waals surface area contributed by atoms with Crippen LogP contribution >= 0.6 is 0 Å². The molecule has 0 radical (unpaired) electrons. The number of ketones is 1. The first-order chi connectivity index (χ1) is 30.3. The molecule has 1 amide bonds. The number of benzene rings is 5. The summed E-state index contributed by atoms with van der Waals surface area (Å²) in [6.45, 7) is 11.4. The van der Waals surface area contributed by atoms with E-state index in [0.717, 1.165) is 70.7 Å². The Morgan fingerprint density at radius 1 is 0.841 bits per heavy atom. The molecule has 0 heterocycles. The summed E-state index contributed by atoms with van der Waals surface area (Å²) in [6.07, 6.45) is 8.47. The molecule has 2 N–H and O–H groups in total. The van der Waals surface area contributed by atoms with Crippen LogP contribution in [0.25, 0.3) is 21.9 Å². The number of aliphatic hydroxyl groups is 2. The van der Waals surface area contributed by atoms with Crippen LogP contribution in [0.1, 0.15) is 131 Å². The molecule has 2 bridgehead atoms. The Bertz CT molecular complexity index is 2430. The van der Waals surface area contributed by atoms with Gasteiger partial charge in [0.15, 0.2) is 5.78 Å². The summed E-state index contributed by atoms with van der Waals surface area (Å²) in [5, 5.41) is 27.0. The normalized spacial score (nSPS) is 26.5. The van der Waals surface area contributed by atoms with Crippen molar-refractivity contribution in [2.45, 2.75) is 129 Å². The summed E-state index contributed by atoms with van der Waals surface area (Å²) in [7, 11) is 0. The van der Waals surface area contributed by atoms with E-state index >= 15 is 4.79 Å². The van der Waals surface area contributed by atoms with E-state index in [2.05, 4.69) is 77.1 Å². The van der Waals surface area contributed by atoms with E-state index in [-0.39, 0.29) is 36.4 Å². The van der Waals surface area contributed by atoms with E-state index < -0.39 is 17.1 Å². The highest BCUT2D eigenvalue weighted by Gasteiger charge is 2.58. The van der Waals surface area contributed by atoms with Crippen molar-refractivity contribution in [1.29, 1.82) is 0 Å². The lowest BCUT2D eigenvalue weighted by molar-refractivity contribution is -0.0875. The smallest absolute Gasteiger partial charge is 0.410 e. The molecular weight excluding hydrogens is 779 g/mol. The lowest BCUT2D eigenvalue weighted by Crippen LogP contribution is -2.54. The van der Waals surface area contributed by atoms with Crippen LogP contribution in [0.2, 0.25) is 0 Å². The molecule has 0 aromatic heterocycles. The number of hydrogen-bond acceptors (Lipinski definition) is 5. The van der Waals surface area contributed by atoms with Gasteiger partial charge in [0.1, 0.15) is 6.10 Å². The number of amides is 1. The van der Waals surface area contributed by atoms with Gasteiger partial charge in [0.2, 0.25) is 0 Å². The average molecular weight is 846 g/mol. The summed E-state index contributed by atoms with van der Waals surface area (Å²) >= 11 is 0. The van der Waals surface area contributed by atoms with E-state index in [1.54, 1.807) is 4.90 Å². The number of carbonyl (C=O) groups is 2. The van der Waals surface area contributed by atoms with Gasteiger partial charge in [0, 0.05) is 23.1 Å². The summed E-state index contributed by atoms with van der Waals surface area (Å²) in [4.78, 5) is 32.0. The molecule has 63 heavy (non-hydrogen) atoms. The third-order valence-corrected chi connectivity index (χ3v) is 15.3. The Morgan fingerprint density at radius 3 is 2.40 bits per heavy atom. The number of ether oxygens (including phenoxy) is 1. The minimum absolute atomic E-state index is 0.0657. The van der Waals surface area contributed by atoms with Crippen molar-refractivity contribution in [2.75, 3.05) is 6.54 Å². The molecule has 7 atom stereocenters. The molecule has 0 spiro atoms. The molecule has 330 valence electrons. The van der Waals surface area contributed by atoms with Gasteiger partial charge in [-0.05, 0) is 133 Å². The Kier molecular flexibility index (Phi) is 13.4. The zero-order valence-corrected chi connectivity index (χ0v) is 38.1. The van der Waals surface area contributed by atoms with Crippen LogP contribution in [0.3, 0.4) is 0 Å². The first-order valence-electron chi connectivity index (χ1n) is 23.6. The molecule has 4 aliphatic rings. The first-order valence-corrected chi connectivity index (χ1v) is 23.6. The molecule has 7 unspecified atom stereocenters. The zero-order chi connectivity index (χ0) is 44.3. The fourth-order valence-corrected chi connectivity index (χ4v) is 11.5. The molecule has 2 fully saturated rings. The van der Waals surface area contributed by atoms with Crippen LogP contribution in [-0.4, -0.2) is 51.3 Å². The van der Waals surface area contributed by atoms with Gasteiger partial charge in [-0.3, -0.25) is 4.79 Å². The molecule has 9 rings (SSSR count). The second-order valence-corrected chi connectivity index (χ2v) is 19.9. The van der Waals surface area contributed by atoms with Crippen LogP contribution in [0.15, 0.2) is 127 Å². The lowest BCUT2D eigenvalue weighted by Gasteiger charge is -2.46. The van der Waals surface area contributed by atoms with Crippen molar-refractivity contribution in [2.24, 2.45) is 23.2 Å². The van der Waals surface area contributed by atoms with E-state index in [0.29, 0.717) is 61.6 Å². The largest absolute Gasteiger partial charge is 0.446 e. The maximum atomic E-state index is 15.2. The number of fused-ring (bicyclic) bond motifs is 9. The standard InChI is InChI=1S/C57H67NO5/c1-38(2)46-28-25-40(4)33-53(46)63-55(61)58(36-44-20-13-19-42-18-9-10-21-47(42)44)37-57(62)32-30-52-49-29-26-41(34-45(59)27-24-39(3)15-14-31-56(52,57)5)35-51(49)54(60)50-23-12-11-22-48(50)43-16-7-6-8-17-43/h6-13,15-23,26,29,35,38,40,45-46,52-53,59,62H,14,24-25,27-28,30-34,36-37H2,1-5H3. The minimum atomic E-state index is -1.31. The number of aliphatic hydroxyl groups excluding tert-OH is 1. The van der Waals surface area contributed by atoms with Crippen molar-refractivity contribution in [3.05, 3.63) is 155 Å². The quantitative estimate of drug-likeness (QED) is 0.114. The fourth-order valence-electron chi connectivity index (χ4n) is 11.5. The van der Waals surface area contributed by atoms with Crippen molar-refractivity contribution in [3.63, 3.8) is 0 Å². The summed E-state index contributed by atoms with van der Waals surface area (Å²) < 4.78 is 6.63. The average Bonchev–Trinajstić information content (AvgIpc) is 3.53. The zero-order valence-electron chi connectivity index (χ0n) is 38.1. The van der Waals surface area contributed by atoms with Gasteiger partial charge in [-0.25, -0.2) is 4.79 Å². The fraction of sp³-hybridized carbons (Fsp3) is 0.439. The number of rotatable bonds is 9. The maximum absolute atomic E-state index is 15.2. The number of hydrogen-bond donors (Lipinski definition) is 2. The number of carbonyl (C=O) groups excluding carboxylic acids is 2. The molecule has 6 heteroatoms. The Morgan fingerprint density at radius 2 is 1.59 bits per heavy atom. The predicted octanol–water partition coefficient (Wildman–Crippen LogP) is 12.9. The van der Waals surface area contributed by atoms with E-state index in [1.165, 1.54) is 5.57 Å². The Labute approximate surface area is 375 Å². The highest BCUT2D eigenvalue weighted by Crippen LogP contribution is 2.59. The summed E-state index contributed by atoms with van der Waals surface area (Å²) in [5.74, 6) is 0.871. The molecular formula is C57H67NO5. The van der Waals surface area contributed by atoms with Gasteiger partial charge in [-0.2, -0.15) is 0 Å². The number of nitrogens with zero attached hydrogens (tertiary/aromatic N) is 1. The molecule has 5 aromatic rings. The maximum Gasteiger partial charge on any atom is 0.410 e. The SMILES string of the molecule is CC1=CCCC2(C)C(CCC2(O)CN(Cc2cccc3ccccc23)C(=O)OC2CC(C)CCC2C(C)C)c2ccc(cc2C(=O)c2ccccc2-c2ccccc2)CC(O)CC1. The molecule has 5 aromatic carbocycles. The molecule has 2 saturated carbocycles. The molecule has 6 nitrogen and oxygen atoms in total. The summed E-state index contributed by atoms with van der Waals surface area (Å²) in [5.41, 5.74) is 5.10. The third-order valence-electron chi connectivity index (χ3n) is 15.3. The topological polar surface area (TPSA) is 87.1 Å². The van der Waals surface area contributed by atoms with E-state index in [1.807, 2.05) is 78.9 Å². The van der Waals surface area contributed by atoms with Crippen molar-refractivity contribution < 1.29 is 24.5 Å². The van der Waals surface area contributed by atoms with Crippen molar-refractivity contribution in [3.8, 4) is 11.1 Å². The highest BCUT2D eigenvalue weighted by molar-refractivity contribution is 6.14. The summed E-state index contributed by atoms with van der Waals surface area (Å²) in [6, 6.07) is 38.6. The predicted molar refractivity (Wildman–Crippen MR) is 255 cm³/mol. The Hall–Kier alpha value is -5.04. The van der Waals surface area contributed by atoms with Crippen LogP contribution in [0, 0.1) is 23.2 Å². The van der Waals surface area contributed by atoms with Gasteiger partial charge < -0.3 is 19.8 Å². The van der Waals surface area contributed by atoms with Gasteiger partial charge in [0.05, 0.1) is 18.2 Å². The van der Waals surface area contributed by atoms with Gasteiger partial charge in [0.25, 0.3) is 0 Å². The molecule has 4 aliphatic carbocycles. The minimum Gasteiger partial charge on any atom is -0.446 e.